The van der Waals surface area contributed by atoms with Gasteiger partial charge in [0, 0.05) is 21.8 Å². The zero-order valence-corrected chi connectivity index (χ0v) is 15.9. The van der Waals surface area contributed by atoms with Crippen molar-refractivity contribution >= 4 is 39.0 Å². The molecule has 0 atom stereocenters. The zero-order chi connectivity index (χ0) is 16.1. The molecule has 3 aromatic rings. The second-order valence-electron chi connectivity index (χ2n) is 6.15. The van der Waals surface area contributed by atoms with Crippen LogP contribution >= 0.6 is 39.0 Å². The van der Waals surface area contributed by atoms with Gasteiger partial charge in [-0.3, -0.25) is 0 Å². The largest absolute Gasteiger partial charge is 0.338 e. The van der Waals surface area contributed by atoms with E-state index in [1.807, 2.05) is 11.4 Å². The van der Waals surface area contributed by atoms with Crippen molar-refractivity contribution in [2.45, 2.75) is 48.6 Å². The monoisotopic (exact) mass is 423 g/mol. The van der Waals surface area contributed by atoms with Gasteiger partial charge in [0.15, 0.2) is 5.16 Å². The number of thioether (sulfide) groups is 1. The molecule has 3 aromatic heterocycles. The Balaban J connectivity index is 1.32. The number of thiophene rings is 1. The predicted octanol–water partition coefficient (Wildman–Crippen LogP) is 4.66. The average Bonchev–Trinajstić information content (AvgIpc) is 3.47. The highest BCUT2D eigenvalue weighted by Crippen LogP contribution is 2.46. The molecular weight excluding hydrogens is 410 g/mol. The molecule has 0 spiro atoms. The summed E-state index contributed by atoms with van der Waals surface area (Å²) in [7, 11) is 0. The molecule has 0 aromatic carbocycles. The van der Waals surface area contributed by atoms with Crippen LogP contribution in [0, 0.1) is 0 Å². The Morgan fingerprint density at radius 3 is 2.88 bits per heavy atom. The Morgan fingerprint density at radius 2 is 2.17 bits per heavy atom. The van der Waals surface area contributed by atoms with E-state index in [2.05, 4.69) is 40.8 Å². The van der Waals surface area contributed by atoms with E-state index in [4.69, 9.17) is 4.52 Å². The van der Waals surface area contributed by atoms with Gasteiger partial charge in [-0.1, -0.05) is 16.9 Å². The summed E-state index contributed by atoms with van der Waals surface area (Å²) in [5, 5.41) is 15.9. The number of hydrogen-bond donors (Lipinski definition) is 0. The van der Waals surface area contributed by atoms with Crippen LogP contribution in [0.1, 0.15) is 49.4 Å². The number of aromatic nitrogens is 5. The SMILES string of the molecule is Brc1csc(-c2noc(CSc3nnc(C4CC4)n3C3CC3)n2)c1. The molecule has 2 saturated carbocycles. The Bertz CT molecular complexity index is 880. The van der Waals surface area contributed by atoms with Crippen molar-refractivity contribution in [2.75, 3.05) is 0 Å². The van der Waals surface area contributed by atoms with Gasteiger partial charge in [-0.25, -0.2) is 0 Å². The summed E-state index contributed by atoms with van der Waals surface area (Å²) in [4.78, 5) is 5.49. The predicted molar refractivity (Wildman–Crippen MR) is 95.1 cm³/mol. The smallest absolute Gasteiger partial charge is 0.237 e. The van der Waals surface area contributed by atoms with Crippen LogP contribution in [-0.4, -0.2) is 24.9 Å². The second-order valence-corrected chi connectivity index (χ2v) is 8.92. The van der Waals surface area contributed by atoms with Crippen molar-refractivity contribution in [2.24, 2.45) is 0 Å². The molecule has 2 fully saturated rings. The van der Waals surface area contributed by atoms with Crippen LogP contribution in [0.25, 0.3) is 10.7 Å². The molecule has 0 saturated heterocycles. The number of halogens is 1. The van der Waals surface area contributed by atoms with Crippen molar-refractivity contribution in [3.05, 3.63) is 27.6 Å². The van der Waals surface area contributed by atoms with Crippen molar-refractivity contribution in [1.82, 2.24) is 24.9 Å². The van der Waals surface area contributed by atoms with Crippen molar-refractivity contribution in [3.63, 3.8) is 0 Å². The van der Waals surface area contributed by atoms with E-state index in [0.717, 1.165) is 14.5 Å². The van der Waals surface area contributed by atoms with E-state index in [1.54, 1.807) is 23.1 Å². The van der Waals surface area contributed by atoms with E-state index in [1.165, 1.54) is 31.5 Å². The summed E-state index contributed by atoms with van der Waals surface area (Å²) >= 11 is 6.67. The quantitative estimate of drug-likeness (QED) is 0.537. The van der Waals surface area contributed by atoms with E-state index < -0.39 is 0 Å². The minimum absolute atomic E-state index is 0.597. The molecule has 0 amide bonds. The van der Waals surface area contributed by atoms with Gasteiger partial charge in [-0.05, 0) is 47.7 Å². The third kappa shape index (κ3) is 2.93. The van der Waals surface area contributed by atoms with Crippen LogP contribution in [0.15, 0.2) is 25.6 Å². The molecule has 9 heteroatoms. The Kier molecular flexibility index (Phi) is 3.75. The molecular formula is C15H14BrN5OS2. The van der Waals surface area contributed by atoms with E-state index in [-0.39, 0.29) is 0 Å². The summed E-state index contributed by atoms with van der Waals surface area (Å²) in [5.74, 6) is 3.69. The third-order valence-electron chi connectivity index (χ3n) is 4.13. The lowest BCUT2D eigenvalue weighted by Crippen LogP contribution is -2.01. The molecule has 124 valence electrons. The molecule has 0 aliphatic heterocycles. The summed E-state index contributed by atoms with van der Waals surface area (Å²) in [6, 6.07) is 2.60. The van der Waals surface area contributed by atoms with Gasteiger partial charge in [-0.2, -0.15) is 4.98 Å². The second kappa shape index (κ2) is 5.96. The van der Waals surface area contributed by atoms with Gasteiger partial charge in [0.05, 0.1) is 10.6 Å². The van der Waals surface area contributed by atoms with Crippen LogP contribution in [0.5, 0.6) is 0 Å². The van der Waals surface area contributed by atoms with Crippen molar-refractivity contribution in [1.29, 1.82) is 0 Å². The van der Waals surface area contributed by atoms with Gasteiger partial charge < -0.3 is 9.09 Å². The average molecular weight is 424 g/mol. The minimum atomic E-state index is 0.597. The zero-order valence-electron chi connectivity index (χ0n) is 12.7. The number of rotatable bonds is 6. The third-order valence-corrected chi connectivity index (χ3v) is 6.74. The van der Waals surface area contributed by atoms with Crippen LogP contribution < -0.4 is 0 Å². The molecule has 6 nitrogen and oxygen atoms in total. The first-order chi connectivity index (χ1) is 11.8. The van der Waals surface area contributed by atoms with Gasteiger partial charge in [0.25, 0.3) is 0 Å². The van der Waals surface area contributed by atoms with Gasteiger partial charge in [-0.15, -0.1) is 21.5 Å². The molecule has 0 unspecified atom stereocenters. The molecule has 5 rings (SSSR count). The van der Waals surface area contributed by atoms with E-state index >= 15 is 0 Å². The lowest BCUT2D eigenvalue weighted by atomic mass is 10.4. The highest BCUT2D eigenvalue weighted by molar-refractivity contribution is 9.10. The maximum absolute atomic E-state index is 5.38. The topological polar surface area (TPSA) is 69.6 Å². The lowest BCUT2D eigenvalue weighted by molar-refractivity contribution is 0.391. The summed E-state index contributed by atoms with van der Waals surface area (Å²) in [5.41, 5.74) is 0. The van der Waals surface area contributed by atoms with Gasteiger partial charge in [0.2, 0.25) is 11.7 Å². The lowest BCUT2D eigenvalue weighted by Gasteiger charge is -2.06. The standard InChI is InChI=1S/C15H14BrN5OS2/c16-9-5-11(23-6-9)13-17-12(22-20-13)7-24-15-19-18-14(8-1-2-8)21(15)10-3-4-10/h5-6,8,10H,1-4,7H2. The highest BCUT2D eigenvalue weighted by Gasteiger charge is 2.36. The first-order valence-corrected chi connectivity index (χ1v) is 10.6. The Hall–Kier alpha value is -1.19. The minimum Gasteiger partial charge on any atom is -0.338 e. The van der Waals surface area contributed by atoms with E-state index in [9.17, 15) is 0 Å². The molecule has 2 aliphatic carbocycles. The number of hydrogen-bond acceptors (Lipinski definition) is 7. The molecule has 24 heavy (non-hydrogen) atoms. The summed E-state index contributed by atoms with van der Waals surface area (Å²) in [6.07, 6.45) is 4.98. The maximum atomic E-state index is 5.38. The van der Waals surface area contributed by atoms with E-state index in [0.29, 0.717) is 29.4 Å². The fraction of sp³-hybridized carbons (Fsp3) is 0.467. The van der Waals surface area contributed by atoms with Crippen LogP contribution in [0.2, 0.25) is 0 Å². The summed E-state index contributed by atoms with van der Waals surface area (Å²) in [6.45, 7) is 0. The highest BCUT2D eigenvalue weighted by atomic mass is 79.9. The first-order valence-electron chi connectivity index (χ1n) is 7.92. The van der Waals surface area contributed by atoms with Crippen LogP contribution in [-0.2, 0) is 5.75 Å². The first kappa shape index (κ1) is 15.1. The summed E-state index contributed by atoms with van der Waals surface area (Å²) < 4.78 is 8.76. The van der Waals surface area contributed by atoms with Crippen molar-refractivity contribution in [3.8, 4) is 10.7 Å². The fourth-order valence-corrected chi connectivity index (χ4v) is 4.85. The van der Waals surface area contributed by atoms with Gasteiger partial charge >= 0.3 is 0 Å². The van der Waals surface area contributed by atoms with Gasteiger partial charge in [0.1, 0.15) is 5.82 Å². The molecule has 2 aliphatic rings. The Labute approximate surface area is 155 Å². The molecule has 3 heterocycles. The van der Waals surface area contributed by atoms with Crippen molar-refractivity contribution < 1.29 is 4.52 Å². The Morgan fingerprint density at radius 1 is 1.29 bits per heavy atom. The normalized spacial score (nSPS) is 17.5. The van der Waals surface area contributed by atoms with Crippen LogP contribution in [0.3, 0.4) is 0 Å². The molecule has 0 N–H and O–H groups in total. The molecule has 0 radical (unpaired) electrons. The number of nitrogens with zero attached hydrogens (tertiary/aromatic N) is 5. The molecule has 0 bridgehead atoms. The fourth-order valence-electron chi connectivity index (χ4n) is 2.65. The van der Waals surface area contributed by atoms with Crippen LogP contribution in [0.4, 0.5) is 0 Å². The maximum Gasteiger partial charge on any atom is 0.237 e.